The first kappa shape index (κ1) is 13.9. The Morgan fingerprint density at radius 2 is 1.88 bits per heavy atom. The maximum atomic E-state index is 5.86. The largest absolute Gasteiger partial charge is 0.341 e. The zero-order chi connectivity index (χ0) is 12.3. The summed E-state index contributed by atoms with van der Waals surface area (Å²) in [6.07, 6.45) is 1.98. The maximum Gasteiger partial charge on any atom is 0.341 e. The van der Waals surface area contributed by atoms with Crippen molar-refractivity contribution in [3.8, 4) is 9.75 Å². The molecule has 0 amide bonds. The Hall–Kier alpha value is 0.487. The zero-order valence-corrected chi connectivity index (χ0v) is 13.9. The number of rotatable bonds is 5. The van der Waals surface area contributed by atoms with E-state index in [2.05, 4.69) is 29.6 Å². The average molecular weight is 342 g/mol. The summed E-state index contributed by atoms with van der Waals surface area (Å²) >= 11 is 21.2. The highest BCUT2D eigenvalue weighted by atomic mass is 35.8. The van der Waals surface area contributed by atoms with E-state index < -0.39 is 6.00 Å². The first-order chi connectivity index (χ1) is 8.04. The summed E-state index contributed by atoms with van der Waals surface area (Å²) in [6, 6.07) is 6.89. The molecule has 17 heavy (non-hydrogen) atoms. The molecule has 2 aromatic rings. The quantitative estimate of drug-likeness (QED) is 0.457. The highest BCUT2D eigenvalue weighted by molar-refractivity contribution is 7.64. The standard InChI is InChI=1S/C11H11Cl3S2Si/c12-17(13,14)8-2-3-9-5-6-11(16-9)10-4-1-7-15-10/h1,4-7H,2-3,8H2. The molecular weight excluding hydrogens is 331 g/mol. The molecule has 0 aliphatic heterocycles. The van der Waals surface area contributed by atoms with E-state index in [1.165, 1.54) is 14.6 Å². The van der Waals surface area contributed by atoms with Crippen LogP contribution in [0.4, 0.5) is 0 Å². The number of hydrogen-bond acceptors (Lipinski definition) is 2. The van der Waals surface area contributed by atoms with Gasteiger partial charge in [-0.25, -0.2) is 0 Å². The van der Waals surface area contributed by atoms with Crippen LogP contribution in [0.25, 0.3) is 9.75 Å². The maximum absolute atomic E-state index is 5.86. The minimum atomic E-state index is -2.43. The first-order valence-corrected chi connectivity index (χ1v) is 12.2. The van der Waals surface area contributed by atoms with Gasteiger partial charge in [0, 0.05) is 14.6 Å². The molecule has 0 fully saturated rings. The van der Waals surface area contributed by atoms with Crippen molar-refractivity contribution in [3.05, 3.63) is 34.5 Å². The lowest BCUT2D eigenvalue weighted by molar-refractivity contribution is 0.932. The highest BCUT2D eigenvalue weighted by Gasteiger charge is 2.23. The van der Waals surface area contributed by atoms with Crippen LogP contribution in [0.1, 0.15) is 11.3 Å². The minimum Gasteiger partial charge on any atom is -0.143 e. The van der Waals surface area contributed by atoms with E-state index >= 15 is 0 Å². The van der Waals surface area contributed by atoms with Gasteiger partial charge in [0.15, 0.2) is 0 Å². The van der Waals surface area contributed by atoms with E-state index in [4.69, 9.17) is 33.2 Å². The smallest absolute Gasteiger partial charge is 0.143 e. The van der Waals surface area contributed by atoms with E-state index in [0.717, 1.165) is 18.9 Å². The third-order valence-electron chi connectivity index (χ3n) is 2.31. The van der Waals surface area contributed by atoms with Gasteiger partial charge in [0.1, 0.15) is 0 Å². The Bertz CT molecular complexity index is 459. The molecular formula is C11H11Cl3S2Si. The van der Waals surface area contributed by atoms with Crippen molar-refractivity contribution in [1.82, 2.24) is 0 Å². The number of aryl methyl sites for hydroxylation is 1. The third-order valence-corrected chi connectivity index (χ3v) is 7.14. The SMILES string of the molecule is Cl[Si](Cl)(Cl)CCCc1ccc(-c2cccs2)s1. The van der Waals surface area contributed by atoms with Gasteiger partial charge in [0.2, 0.25) is 0 Å². The summed E-state index contributed by atoms with van der Waals surface area (Å²) < 4.78 is 0. The van der Waals surface area contributed by atoms with Crippen LogP contribution in [-0.4, -0.2) is 6.00 Å². The first-order valence-electron chi connectivity index (χ1n) is 5.24. The van der Waals surface area contributed by atoms with Crippen molar-refractivity contribution >= 4 is 61.9 Å². The topological polar surface area (TPSA) is 0 Å². The fourth-order valence-electron chi connectivity index (χ4n) is 1.53. The average Bonchev–Trinajstić information content (AvgIpc) is 2.83. The molecule has 0 radical (unpaired) electrons. The zero-order valence-electron chi connectivity index (χ0n) is 8.96. The molecule has 0 bridgehead atoms. The molecule has 0 nitrogen and oxygen atoms in total. The molecule has 0 N–H and O–H groups in total. The van der Waals surface area contributed by atoms with E-state index in [1.807, 2.05) is 11.3 Å². The second-order valence-corrected chi connectivity index (χ2v) is 15.1. The second-order valence-electron chi connectivity index (χ2n) is 3.71. The lowest BCUT2D eigenvalue weighted by atomic mass is 10.3. The fourth-order valence-corrected chi connectivity index (χ4v) is 5.19. The number of halogens is 3. The van der Waals surface area contributed by atoms with Gasteiger partial charge < -0.3 is 0 Å². The van der Waals surface area contributed by atoms with Crippen molar-refractivity contribution < 1.29 is 0 Å². The minimum absolute atomic E-state index is 0.740. The van der Waals surface area contributed by atoms with Crippen LogP contribution in [0.5, 0.6) is 0 Å². The number of hydrogen-bond donors (Lipinski definition) is 0. The van der Waals surface area contributed by atoms with Crippen LogP contribution in [0.15, 0.2) is 29.6 Å². The van der Waals surface area contributed by atoms with Crippen molar-refractivity contribution in [1.29, 1.82) is 0 Å². The van der Waals surface area contributed by atoms with Crippen LogP contribution in [0.2, 0.25) is 6.04 Å². The van der Waals surface area contributed by atoms with Crippen molar-refractivity contribution in [2.75, 3.05) is 0 Å². The van der Waals surface area contributed by atoms with Crippen LogP contribution in [0, 0.1) is 0 Å². The normalized spacial score (nSPS) is 11.9. The Morgan fingerprint density at radius 3 is 2.53 bits per heavy atom. The van der Waals surface area contributed by atoms with Crippen molar-refractivity contribution in [2.24, 2.45) is 0 Å². The van der Waals surface area contributed by atoms with Crippen LogP contribution >= 0.6 is 55.9 Å². The lowest BCUT2D eigenvalue weighted by Gasteiger charge is -2.05. The molecule has 0 saturated heterocycles. The molecule has 2 rings (SSSR count). The molecule has 92 valence electrons. The van der Waals surface area contributed by atoms with Gasteiger partial charge in [-0.15, -0.1) is 55.9 Å². The Kier molecular flexibility index (Phi) is 4.98. The van der Waals surface area contributed by atoms with Crippen molar-refractivity contribution in [3.63, 3.8) is 0 Å². The predicted octanol–water partition coefficient (Wildman–Crippen LogP) is 6.06. The summed E-state index contributed by atoms with van der Waals surface area (Å²) in [6.45, 7) is 0. The molecule has 0 aliphatic rings. The van der Waals surface area contributed by atoms with E-state index in [0.29, 0.717) is 0 Å². The molecule has 0 aromatic carbocycles. The second kappa shape index (κ2) is 6.09. The van der Waals surface area contributed by atoms with Gasteiger partial charge in [0.05, 0.1) is 0 Å². The Labute approximate surface area is 124 Å². The van der Waals surface area contributed by atoms with Crippen LogP contribution in [0.3, 0.4) is 0 Å². The summed E-state index contributed by atoms with van der Waals surface area (Å²) in [5.41, 5.74) is 0. The van der Waals surface area contributed by atoms with E-state index in [1.54, 1.807) is 11.3 Å². The third kappa shape index (κ3) is 4.58. The van der Waals surface area contributed by atoms with Gasteiger partial charge >= 0.3 is 6.00 Å². The van der Waals surface area contributed by atoms with E-state index in [9.17, 15) is 0 Å². The summed E-state index contributed by atoms with van der Waals surface area (Å²) in [5, 5.41) is 2.10. The Morgan fingerprint density at radius 1 is 1.06 bits per heavy atom. The van der Waals surface area contributed by atoms with E-state index in [-0.39, 0.29) is 0 Å². The molecule has 0 aliphatic carbocycles. The molecule has 2 aromatic heterocycles. The Balaban J connectivity index is 1.91. The fraction of sp³-hybridized carbons (Fsp3) is 0.273. The summed E-state index contributed by atoms with van der Waals surface area (Å²) in [7, 11) is 0. The molecule has 6 heteroatoms. The van der Waals surface area contributed by atoms with Gasteiger partial charge in [-0.3, -0.25) is 0 Å². The van der Waals surface area contributed by atoms with Gasteiger partial charge in [-0.2, -0.15) is 0 Å². The lowest BCUT2D eigenvalue weighted by Crippen LogP contribution is -2.08. The molecule has 2 heterocycles. The van der Waals surface area contributed by atoms with Gasteiger partial charge in [-0.1, -0.05) is 6.07 Å². The predicted molar refractivity (Wildman–Crippen MR) is 84.1 cm³/mol. The summed E-state index contributed by atoms with van der Waals surface area (Å²) in [5.74, 6) is 0. The van der Waals surface area contributed by atoms with Gasteiger partial charge in [-0.05, 0) is 42.5 Å². The molecule has 0 saturated carbocycles. The molecule has 0 atom stereocenters. The van der Waals surface area contributed by atoms with Gasteiger partial charge in [0.25, 0.3) is 0 Å². The summed E-state index contributed by atoms with van der Waals surface area (Å²) in [4.78, 5) is 4.04. The number of thiophene rings is 2. The van der Waals surface area contributed by atoms with Crippen molar-refractivity contribution in [2.45, 2.75) is 18.9 Å². The van der Waals surface area contributed by atoms with Crippen LogP contribution < -0.4 is 0 Å². The molecule has 0 unspecified atom stereocenters. The van der Waals surface area contributed by atoms with Crippen LogP contribution in [-0.2, 0) is 6.42 Å². The molecule has 0 spiro atoms. The monoisotopic (exact) mass is 340 g/mol. The highest BCUT2D eigenvalue weighted by Crippen LogP contribution is 2.33.